The lowest BCUT2D eigenvalue weighted by atomic mass is 10.1. The summed E-state index contributed by atoms with van der Waals surface area (Å²) in [5.41, 5.74) is 1.10. The third-order valence-corrected chi connectivity index (χ3v) is 5.60. The molecule has 3 heterocycles. The maximum atomic E-state index is 12.8. The fourth-order valence-electron chi connectivity index (χ4n) is 3.59. The molecular weight excluding hydrogens is 412 g/mol. The van der Waals surface area contributed by atoms with Crippen molar-refractivity contribution >= 4 is 34.7 Å². The lowest BCUT2D eigenvalue weighted by molar-refractivity contribution is -0.384. The Morgan fingerprint density at radius 1 is 1.07 bits per heavy atom. The second-order valence-electron chi connectivity index (χ2n) is 7.07. The summed E-state index contributed by atoms with van der Waals surface area (Å²) >= 11 is 6.11. The zero-order valence-corrected chi connectivity index (χ0v) is 17.0. The Bertz CT molecular complexity index is 944. The highest BCUT2D eigenvalue weighted by molar-refractivity contribution is 6.34. The molecule has 2 fully saturated rings. The van der Waals surface area contributed by atoms with Crippen molar-refractivity contribution in [2.45, 2.75) is 0 Å². The van der Waals surface area contributed by atoms with E-state index in [0.717, 1.165) is 24.6 Å². The number of anilines is 2. The average Bonchev–Trinajstić information content (AvgIpc) is 2.79. The minimum atomic E-state index is -0.535. The SMILES string of the molecule is O=C(c1ccc([N+](=O)[O-])cc1Cl)N1CCN(c2cnnc(N3CCOCC3)c2)CC1. The molecule has 0 aliphatic carbocycles. The van der Waals surface area contributed by atoms with Gasteiger partial charge in [0.2, 0.25) is 0 Å². The van der Waals surface area contributed by atoms with E-state index >= 15 is 0 Å². The van der Waals surface area contributed by atoms with Crippen molar-refractivity contribution in [2.75, 3.05) is 62.3 Å². The molecule has 0 N–H and O–H groups in total. The molecule has 2 aliphatic rings. The third-order valence-electron chi connectivity index (χ3n) is 5.29. The highest BCUT2D eigenvalue weighted by Crippen LogP contribution is 2.25. The van der Waals surface area contributed by atoms with Crippen LogP contribution in [-0.2, 0) is 4.74 Å². The molecule has 0 radical (unpaired) electrons. The van der Waals surface area contributed by atoms with Gasteiger partial charge in [-0.2, -0.15) is 5.10 Å². The van der Waals surface area contributed by atoms with Crippen LogP contribution in [0.1, 0.15) is 10.4 Å². The van der Waals surface area contributed by atoms with Crippen LogP contribution in [0.5, 0.6) is 0 Å². The van der Waals surface area contributed by atoms with E-state index in [4.69, 9.17) is 16.3 Å². The van der Waals surface area contributed by atoms with Gasteiger partial charge >= 0.3 is 0 Å². The van der Waals surface area contributed by atoms with E-state index in [9.17, 15) is 14.9 Å². The van der Waals surface area contributed by atoms with Gasteiger partial charge in [0.25, 0.3) is 11.6 Å². The summed E-state index contributed by atoms with van der Waals surface area (Å²) in [6.07, 6.45) is 1.73. The maximum absolute atomic E-state index is 12.8. The molecule has 1 aromatic carbocycles. The first kappa shape index (κ1) is 20.3. The summed E-state index contributed by atoms with van der Waals surface area (Å²) in [7, 11) is 0. The summed E-state index contributed by atoms with van der Waals surface area (Å²) in [5.74, 6) is 0.600. The van der Waals surface area contributed by atoms with Crippen molar-refractivity contribution in [1.82, 2.24) is 15.1 Å². The Kier molecular flexibility index (Phi) is 5.96. The number of non-ortho nitro benzene ring substituents is 1. The van der Waals surface area contributed by atoms with E-state index < -0.39 is 4.92 Å². The van der Waals surface area contributed by atoms with Crippen molar-refractivity contribution in [1.29, 1.82) is 0 Å². The second kappa shape index (κ2) is 8.80. The van der Waals surface area contributed by atoms with Gasteiger partial charge in [0.1, 0.15) is 0 Å². The number of halogens is 1. The summed E-state index contributed by atoms with van der Waals surface area (Å²) < 4.78 is 5.38. The molecule has 0 bridgehead atoms. The zero-order valence-electron chi connectivity index (χ0n) is 16.2. The zero-order chi connectivity index (χ0) is 21.1. The molecule has 4 rings (SSSR count). The van der Waals surface area contributed by atoms with E-state index in [0.29, 0.717) is 39.4 Å². The minimum Gasteiger partial charge on any atom is -0.378 e. The normalized spacial score (nSPS) is 17.2. The monoisotopic (exact) mass is 432 g/mol. The van der Waals surface area contributed by atoms with E-state index in [1.54, 1.807) is 11.1 Å². The van der Waals surface area contributed by atoms with Crippen molar-refractivity contribution in [3.63, 3.8) is 0 Å². The molecule has 0 saturated carbocycles. The number of morpholine rings is 1. The van der Waals surface area contributed by atoms with Crippen LogP contribution in [0.4, 0.5) is 17.2 Å². The number of carbonyl (C=O) groups is 1. The van der Waals surface area contributed by atoms with Crippen molar-refractivity contribution in [2.24, 2.45) is 0 Å². The molecule has 10 nitrogen and oxygen atoms in total. The van der Waals surface area contributed by atoms with Crippen LogP contribution in [0.3, 0.4) is 0 Å². The van der Waals surface area contributed by atoms with Gasteiger partial charge in [-0.05, 0) is 6.07 Å². The molecule has 1 aromatic heterocycles. The lowest BCUT2D eigenvalue weighted by Crippen LogP contribution is -2.49. The van der Waals surface area contributed by atoms with Gasteiger partial charge in [0.05, 0.1) is 40.6 Å². The number of carbonyl (C=O) groups excluding carboxylic acids is 1. The quantitative estimate of drug-likeness (QED) is 0.532. The van der Waals surface area contributed by atoms with E-state index in [-0.39, 0.29) is 22.2 Å². The molecule has 158 valence electrons. The number of nitro benzene ring substituents is 1. The highest BCUT2D eigenvalue weighted by Gasteiger charge is 2.25. The Hall–Kier alpha value is -2.98. The molecule has 2 saturated heterocycles. The highest BCUT2D eigenvalue weighted by atomic mass is 35.5. The number of nitrogens with zero attached hydrogens (tertiary/aromatic N) is 6. The van der Waals surface area contributed by atoms with Gasteiger partial charge in [0, 0.05) is 57.5 Å². The number of benzene rings is 1. The lowest BCUT2D eigenvalue weighted by Gasteiger charge is -2.36. The van der Waals surface area contributed by atoms with Crippen LogP contribution in [0.25, 0.3) is 0 Å². The third kappa shape index (κ3) is 4.29. The number of hydrogen-bond acceptors (Lipinski definition) is 8. The topological polar surface area (TPSA) is 105 Å². The maximum Gasteiger partial charge on any atom is 0.270 e. The summed E-state index contributed by atoms with van der Waals surface area (Å²) in [6, 6.07) is 5.94. The number of piperazine rings is 1. The van der Waals surface area contributed by atoms with Gasteiger partial charge in [-0.3, -0.25) is 14.9 Å². The Morgan fingerprint density at radius 2 is 1.80 bits per heavy atom. The van der Waals surface area contributed by atoms with Gasteiger partial charge in [-0.1, -0.05) is 11.6 Å². The predicted octanol–water partition coefficient (Wildman–Crippen LogP) is 1.84. The predicted molar refractivity (Wildman–Crippen MR) is 111 cm³/mol. The van der Waals surface area contributed by atoms with Gasteiger partial charge < -0.3 is 19.4 Å². The molecular formula is C19H21ClN6O4. The van der Waals surface area contributed by atoms with E-state index in [1.165, 1.54) is 18.2 Å². The van der Waals surface area contributed by atoms with Crippen LogP contribution in [0.15, 0.2) is 30.5 Å². The number of aromatic nitrogens is 2. The molecule has 1 amide bonds. The Labute approximate surface area is 178 Å². The molecule has 0 unspecified atom stereocenters. The largest absolute Gasteiger partial charge is 0.378 e. The van der Waals surface area contributed by atoms with Gasteiger partial charge in [-0.15, -0.1) is 5.10 Å². The smallest absolute Gasteiger partial charge is 0.270 e. The van der Waals surface area contributed by atoms with Crippen molar-refractivity contribution < 1.29 is 14.5 Å². The molecule has 2 aromatic rings. The van der Waals surface area contributed by atoms with Crippen molar-refractivity contribution in [3.8, 4) is 0 Å². The fourth-order valence-corrected chi connectivity index (χ4v) is 3.85. The molecule has 30 heavy (non-hydrogen) atoms. The van der Waals surface area contributed by atoms with E-state index in [1.807, 2.05) is 6.07 Å². The van der Waals surface area contributed by atoms with Gasteiger partial charge in [0.15, 0.2) is 5.82 Å². The van der Waals surface area contributed by atoms with Crippen LogP contribution >= 0.6 is 11.6 Å². The Morgan fingerprint density at radius 3 is 2.47 bits per heavy atom. The number of hydrogen-bond donors (Lipinski definition) is 0. The standard InChI is InChI=1S/C19H21ClN6O4/c20-17-11-14(26(28)29)1-2-16(17)19(27)25-5-3-23(4-6-25)15-12-18(22-21-13-15)24-7-9-30-10-8-24/h1-2,11-13H,3-10H2. The number of nitro groups is 1. The number of ether oxygens (including phenoxy) is 1. The summed E-state index contributed by atoms with van der Waals surface area (Å²) in [6.45, 7) is 5.25. The first-order chi connectivity index (χ1) is 14.5. The average molecular weight is 433 g/mol. The van der Waals surface area contributed by atoms with E-state index in [2.05, 4.69) is 20.0 Å². The number of rotatable bonds is 4. The first-order valence-corrected chi connectivity index (χ1v) is 10.0. The van der Waals surface area contributed by atoms with Crippen LogP contribution < -0.4 is 9.80 Å². The van der Waals surface area contributed by atoms with Gasteiger partial charge in [-0.25, -0.2) is 0 Å². The molecule has 2 aliphatic heterocycles. The minimum absolute atomic E-state index is 0.0881. The van der Waals surface area contributed by atoms with Crippen LogP contribution in [0.2, 0.25) is 5.02 Å². The molecule has 0 atom stereocenters. The molecule has 11 heteroatoms. The number of amides is 1. The van der Waals surface area contributed by atoms with Crippen LogP contribution in [-0.4, -0.2) is 78.4 Å². The Balaban J connectivity index is 1.40. The summed E-state index contributed by atoms with van der Waals surface area (Å²) in [4.78, 5) is 29.2. The van der Waals surface area contributed by atoms with Crippen LogP contribution in [0, 0.1) is 10.1 Å². The second-order valence-corrected chi connectivity index (χ2v) is 7.48. The summed E-state index contributed by atoms with van der Waals surface area (Å²) in [5, 5.41) is 19.3. The first-order valence-electron chi connectivity index (χ1n) is 9.66. The fraction of sp³-hybridized carbons (Fsp3) is 0.421. The van der Waals surface area contributed by atoms with Crippen molar-refractivity contribution in [3.05, 3.63) is 51.2 Å². The molecule has 0 spiro atoms.